The van der Waals surface area contributed by atoms with E-state index < -0.39 is 9.84 Å². The Balaban J connectivity index is 2.96. The molecule has 0 heterocycles. The summed E-state index contributed by atoms with van der Waals surface area (Å²) in [6.45, 7) is 6.65. The number of hydrogen-bond donors (Lipinski definition) is 2. The van der Waals surface area contributed by atoms with Crippen LogP contribution in [0.2, 0.25) is 0 Å². The van der Waals surface area contributed by atoms with Crippen molar-refractivity contribution in [3.8, 4) is 0 Å². The highest BCUT2D eigenvalue weighted by Gasteiger charge is 2.21. The van der Waals surface area contributed by atoms with Gasteiger partial charge in [-0.3, -0.25) is 0 Å². The van der Waals surface area contributed by atoms with Crippen molar-refractivity contribution < 1.29 is 13.5 Å². The quantitative estimate of drug-likeness (QED) is 0.841. The van der Waals surface area contributed by atoms with Gasteiger partial charge in [0.25, 0.3) is 0 Å². The molecular weight excluding hydrogens is 262 g/mol. The van der Waals surface area contributed by atoms with Crippen LogP contribution in [0.15, 0.2) is 23.1 Å². The van der Waals surface area contributed by atoms with Crippen molar-refractivity contribution in [1.82, 2.24) is 0 Å². The van der Waals surface area contributed by atoms with Gasteiger partial charge >= 0.3 is 0 Å². The van der Waals surface area contributed by atoms with Crippen LogP contribution >= 0.6 is 0 Å². The van der Waals surface area contributed by atoms with E-state index in [2.05, 4.69) is 5.32 Å². The minimum atomic E-state index is -3.20. The molecule has 0 aliphatic rings. The largest absolute Gasteiger partial charge is 0.396 e. The first kappa shape index (κ1) is 16.0. The summed E-state index contributed by atoms with van der Waals surface area (Å²) in [5.41, 5.74) is 1.59. The minimum absolute atomic E-state index is 0.0985. The van der Waals surface area contributed by atoms with Crippen LogP contribution in [0.3, 0.4) is 0 Å². The van der Waals surface area contributed by atoms with Crippen molar-refractivity contribution in [2.45, 2.75) is 32.1 Å². The molecule has 0 aromatic heterocycles. The Labute approximate surface area is 115 Å². The third kappa shape index (κ3) is 4.21. The first-order valence-electron chi connectivity index (χ1n) is 6.37. The lowest BCUT2D eigenvalue weighted by molar-refractivity contribution is 0.149. The smallest absolute Gasteiger partial charge is 0.175 e. The lowest BCUT2D eigenvalue weighted by Gasteiger charge is -2.27. The summed E-state index contributed by atoms with van der Waals surface area (Å²) in [7, 11) is -3.20. The van der Waals surface area contributed by atoms with Crippen LogP contribution in [0.4, 0.5) is 5.69 Å². The number of anilines is 1. The van der Waals surface area contributed by atoms with Crippen molar-refractivity contribution in [2.24, 2.45) is 5.41 Å². The Morgan fingerprint density at radius 3 is 2.47 bits per heavy atom. The molecule has 0 amide bonds. The maximum atomic E-state index is 11.5. The molecule has 1 rings (SSSR count). The van der Waals surface area contributed by atoms with Crippen molar-refractivity contribution in [2.75, 3.05) is 24.7 Å². The Bertz CT molecular complexity index is 534. The molecule has 0 spiro atoms. The summed E-state index contributed by atoms with van der Waals surface area (Å²) >= 11 is 0. The summed E-state index contributed by atoms with van der Waals surface area (Å²) < 4.78 is 23.1. The second kappa shape index (κ2) is 5.92. The van der Waals surface area contributed by atoms with Gasteiger partial charge in [0.15, 0.2) is 9.84 Å². The molecule has 1 aromatic rings. The van der Waals surface area contributed by atoms with Gasteiger partial charge in [-0.1, -0.05) is 19.9 Å². The molecule has 108 valence electrons. The summed E-state index contributed by atoms with van der Waals surface area (Å²) in [5, 5.41) is 12.6. The van der Waals surface area contributed by atoms with Crippen LogP contribution in [-0.4, -0.2) is 32.9 Å². The fraction of sp³-hybridized carbons (Fsp3) is 0.571. The number of aryl methyl sites for hydroxylation is 1. The van der Waals surface area contributed by atoms with E-state index in [0.717, 1.165) is 17.7 Å². The molecule has 0 saturated heterocycles. The summed E-state index contributed by atoms with van der Waals surface area (Å²) in [6.07, 6.45) is 2.05. The molecule has 0 fully saturated rings. The highest BCUT2D eigenvalue weighted by molar-refractivity contribution is 7.90. The molecule has 0 saturated carbocycles. The number of benzene rings is 1. The van der Waals surface area contributed by atoms with Crippen molar-refractivity contribution in [3.63, 3.8) is 0 Å². The van der Waals surface area contributed by atoms with E-state index in [1.165, 1.54) is 6.26 Å². The van der Waals surface area contributed by atoms with Gasteiger partial charge in [0, 0.05) is 23.9 Å². The number of sulfone groups is 1. The zero-order chi connectivity index (χ0) is 14.7. The average Bonchev–Trinajstić information content (AvgIpc) is 2.36. The third-order valence-corrected chi connectivity index (χ3v) is 4.69. The van der Waals surface area contributed by atoms with Gasteiger partial charge in [0.1, 0.15) is 0 Å². The minimum Gasteiger partial charge on any atom is -0.396 e. The Morgan fingerprint density at radius 2 is 2.00 bits per heavy atom. The van der Waals surface area contributed by atoms with E-state index in [0.29, 0.717) is 11.4 Å². The Morgan fingerprint density at radius 1 is 1.37 bits per heavy atom. The molecule has 1 aromatic carbocycles. The van der Waals surface area contributed by atoms with Gasteiger partial charge < -0.3 is 10.4 Å². The fourth-order valence-electron chi connectivity index (χ4n) is 1.62. The molecule has 0 radical (unpaired) electrons. The topological polar surface area (TPSA) is 66.4 Å². The summed E-state index contributed by atoms with van der Waals surface area (Å²) in [6, 6.07) is 5.06. The lowest BCUT2D eigenvalue weighted by atomic mass is 9.88. The number of hydrogen-bond acceptors (Lipinski definition) is 4. The van der Waals surface area contributed by atoms with E-state index in [-0.39, 0.29) is 12.0 Å². The van der Waals surface area contributed by atoms with Crippen LogP contribution in [0.1, 0.15) is 25.8 Å². The summed E-state index contributed by atoms with van der Waals surface area (Å²) in [4.78, 5) is 0.308. The molecule has 1 unspecified atom stereocenters. The zero-order valence-electron chi connectivity index (χ0n) is 12.0. The van der Waals surface area contributed by atoms with E-state index >= 15 is 0 Å². The Hall–Kier alpha value is -1.07. The predicted octanol–water partition coefficient (Wildman–Crippen LogP) is 2.22. The predicted molar refractivity (Wildman–Crippen MR) is 78.3 cm³/mol. The van der Waals surface area contributed by atoms with Gasteiger partial charge in [-0.15, -0.1) is 0 Å². The van der Waals surface area contributed by atoms with Crippen molar-refractivity contribution >= 4 is 15.5 Å². The van der Waals surface area contributed by atoms with Gasteiger partial charge in [0.05, 0.1) is 11.5 Å². The molecule has 2 N–H and O–H groups in total. The van der Waals surface area contributed by atoms with Crippen LogP contribution in [0, 0.1) is 12.3 Å². The van der Waals surface area contributed by atoms with Crippen molar-refractivity contribution in [3.05, 3.63) is 23.8 Å². The highest BCUT2D eigenvalue weighted by Crippen LogP contribution is 2.24. The highest BCUT2D eigenvalue weighted by atomic mass is 32.2. The van der Waals surface area contributed by atoms with Crippen molar-refractivity contribution in [1.29, 1.82) is 0 Å². The van der Waals surface area contributed by atoms with Crippen LogP contribution in [-0.2, 0) is 9.84 Å². The molecule has 0 aliphatic heterocycles. The van der Waals surface area contributed by atoms with Crippen LogP contribution in [0.5, 0.6) is 0 Å². The number of aliphatic hydroxyl groups is 1. The van der Waals surface area contributed by atoms with Gasteiger partial charge in [-0.05, 0) is 31.0 Å². The van der Waals surface area contributed by atoms with E-state index in [4.69, 9.17) is 0 Å². The van der Waals surface area contributed by atoms with E-state index in [1.54, 1.807) is 18.2 Å². The van der Waals surface area contributed by atoms with Gasteiger partial charge in [0.2, 0.25) is 0 Å². The fourth-order valence-corrected chi connectivity index (χ4v) is 2.27. The number of nitrogens with one attached hydrogen (secondary N) is 1. The second-order valence-corrected chi connectivity index (χ2v) is 7.44. The lowest BCUT2D eigenvalue weighted by Crippen LogP contribution is -2.29. The van der Waals surface area contributed by atoms with E-state index in [9.17, 15) is 13.5 Å². The summed E-state index contributed by atoms with van der Waals surface area (Å²) in [5.74, 6) is 0. The molecule has 4 nitrogen and oxygen atoms in total. The van der Waals surface area contributed by atoms with Gasteiger partial charge in [-0.2, -0.15) is 0 Å². The normalized spacial score (nSPS) is 15.0. The number of aliphatic hydroxyl groups excluding tert-OH is 1. The average molecular weight is 285 g/mol. The maximum Gasteiger partial charge on any atom is 0.175 e. The van der Waals surface area contributed by atoms with Crippen LogP contribution in [0.25, 0.3) is 0 Å². The molecule has 5 heteroatoms. The molecule has 0 bridgehead atoms. The second-order valence-electron chi connectivity index (χ2n) is 5.42. The molecule has 19 heavy (non-hydrogen) atoms. The monoisotopic (exact) mass is 285 g/mol. The third-order valence-electron chi connectivity index (χ3n) is 3.58. The van der Waals surface area contributed by atoms with Crippen LogP contribution < -0.4 is 5.32 Å². The molecule has 0 aliphatic carbocycles. The number of rotatable bonds is 6. The maximum absolute atomic E-state index is 11.5. The molecular formula is C14H23NO3S. The SMILES string of the molecule is CCC(C)(CO)CNc1cc(S(C)(=O)=O)ccc1C. The Kier molecular flexibility index (Phi) is 4.98. The van der Waals surface area contributed by atoms with Gasteiger partial charge in [-0.25, -0.2) is 8.42 Å². The zero-order valence-corrected chi connectivity index (χ0v) is 12.8. The molecule has 1 atom stereocenters. The first-order chi connectivity index (χ1) is 8.72. The first-order valence-corrected chi connectivity index (χ1v) is 8.26. The standard InChI is InChI=1S/C14H23NO3S/c1-5-14(3,10-16)9-15-13-8-12(19(4,17)18)7-6-11(13)2/h6-8,15-16H,5,9-10H2,1-4H3. The van der Waals surface area contributed by atoms with E-state index in [1.807, 2.05) is 20.8 Å².